The van der Waals surface area contributed by atoms with Gasteiger partial charge >= 0.3 is 12.1 Å². The molecule has 3 heterocycles. The summed E-state index contributed by atoms with van der Waals surface area (Å²) >= 11 is 6.24. The number of pyridine rings is 1. The quantitative estimate of drug-likeness (QED) is 0.182. The number of hydrogen-bond acceptors (Lipinski definition) is 6. The molecule has 0 radical (unpaired) electrons. The lowest BCUT2D eigenvalue weighted by atomic mass is 10.0. The first-order chi connectivity index (χ1) is 21.1. The molecule has 0 aliphatic carbocycles. The minimum Gasteiger partial charge on any atom is -0.460 e. The molecule has 0 spiro atoms. The molecule has 9 nitrogen and oxygen atoms in total. The van der Waals surface area contributed by atoms with Gasteiger partial charge in [0.2, 0.25) is 0 Å². The number of benzene rings is 2. The molecule has 3 aromatic heterocycles. The Hall–Kier alpha value is -4.63. The Morgan fingerprint density at radius 2 is 1.60 bits per heavy atom. The first-order valence-corrected chi connectivity index (χ1v) is 15.1. The molecular formula is C35H37ClN4O5. The summed E-state index contributed by atoms with van der Waals surface area (Å²) in [5.41, 5.74) is 4.00. The van der Waals surface area contributed by atoms with Gasteiger partial charge in [-0.05, 0) is 101 Å². The first-order valence-electron chi connectivity index (χ1n) is 14.7. The smallest absolute Gasteiger partial charge is 0.419 e. The van der Waals surface area contributed by atoms with Crippen molar-refractivity contribution in [3.8, 4) is 0 Å². The Labute approximate surface area is 266 Å². The van der Waals surface area contributed by atoms with Crippen LogP contribution in [-0.4, -0.2) is 43.7 Å². The molecule has 0 atom stereocenters. The zero-order valence-corrected chi connectivity index (χ0v) is 27.0. The van der Waals surface area contributed by atoms with Crippen LogP contribution in [0.1, 0.15) is 74.2 Å². The molecule has 45 heavy (non-hydrogen) atoms. The largest absolute Gasteiger partial charge is 0.460 e. The minimum absolute atomic E-state index is 0.00649. The summed E-state index contributed by atoms with van der Waals surface area (Å²) in [6.45, 7) is 11.2. The molecule has 0 unspecified atom stereocenters. The number of rotatable bonds is 7. The topological polar surface area (TPSA) is 115 Å². The summed E-state index contributed by atoms with van der Waals surface area (Å²) in [5.74, 6) is -0.635. The normalized spacial score (nSPS) is 12.0. The molecule has 0 aliphatic heterocycles. The van der Waals surface area contributed by atoms with Gasteiger partial charge in [0.1, 0.15) is 11.2 Å². The van der Waals surface area contributed by atoms with Crippen molar-refractivity contribution in [2.45, 2.75) is 72.1 Å². The first kappa shape index (κ1) is 31.8. The van der Waals surface area contributed by atoms with E-state index in [0.717, 1.165) is 33.0 Å². The number of nitrogens with one attached hydrogen (secondary N) is 2. The number of nitrogens with zero attached hydrogens (tertiary/aromatic N) is 2. The van der Waals surface area contributed by atoms with Gasteiger partial charge in [-0.1, -0.05) is 23.7 Å². The number of hydrogen-bond donors (Lipinski definition) is 2. The highest BCUT2D eigenvalue weighted by Gasteiger charge is 2.23. The van der Waals surface area contributed by atoms with Crippen molar-refractivity contribution in [2.75, 3.05) is 0 Å². The van der Waals surface area contributed by atoms with Crippen LogP contribution < -0.4 is 5.32 Å². The SMILES string of the molecule is CC(C)(C)OC(=O)Cc1cn(C(=O)OC(C)(C)C)c2ccc(Cc3cncc(C(=O)NCc4ccc5[nH]cc(Cl)c5c4)c3)cc12. The van der Waals surface area contributed by atoms with Crippen molar-refractivity contribution in [3.05, 3.63) is 100 Å². The van der Waals surface area contributed by atoms with E-state index in [2.05, 4.69) is 15.3 Å². The lowest BCUT2D eigenvalue weighted by Gasteiger charge is -2.20. The van der Waals surface area contributed by atoms with Crippen LogP contribution in [0.5, 0.6) is 0 Å². The molecule has 5 aromatic rings. The summed E-state index contributed by atoms with van der Waals surface area (Å²) in [4.78, 5) is 46.2. The third-order valence-electron chi connectivity index (χ3n) is 6.91. The van der Waals surface area contributed by atoms with Crippen molar-refractivity contribution >= 4 is 51.4 Å². The molecule has 1 amide bonds. The number of aromatic amines is 1. The second-order valence-electron chi connectivity index (χ2n) is 13.1. The Morgan fingerprint density at radius 1 is 0.889 bits per heavy atom. The number of H-pyrrole nitrogens is 1. The van der Waals surface area contributed by atoms with E-state index in [-0.39, 0.29) is 12.3 Å². The zero-order chi connectivity index (χ0) is 32.5. The van der Waals surface area contributed by atoms with Crippen molar-refractivity contribution in [1.82, 2.24) is 19.9 Å². The second kappa shape index (κ2) is 12.4. The highest BCUT2D eigenvalue weighted by molar-refractivity contribution is 6.35. The monoisotopic (exact) mass is 628 g/mol. The van der Waals surface area contributed by atoms with E-state index in [1.54, 1.807) is 39.4 Å². The van der Waals surface area contributed by atoms with E-state index in [4.69, 9.17) is 21.1 Å². The van der Waals surface area contributed by atoms with Gasteiger partial charge in [0.05, 0.1) is 22.5 Å². The van der Waals surface area contributed by atoms with E-state index in [0.29, 0.717) is 34.6 Å². The van der Waals surface area contributed by atoms with Crippen molar-refractivity contribution in [2.24, 2.45) is 0 Å². The van der Waals surface area contributed by atoms with Gasteiger partial charge in [0, 0.05) is 47.6 Å². The van der Waals surface area contributed by atoms with E-state index in [9.17, 15) is 14.4 Å². The molecule has 2 N–H and O–H groups in total. The molecule has 234 valence electrons. The van der Waals surface area contributed by atoms with Crippen molar-refractivity contribution < 1.29 is 23.9 Å². The molecule has 0 aliphatic rings. The van der Waals surface area contributed by atoms with Gasteiger partial charge in [0.15, 0.2) is 0 Å². The second-order valence-corrected chi connectivity index (χ2v) is 13.5. The number of ether oxygens (including phenoxy) is 2. The number of fused-ring (bicyclic) bond motifs is 2. The third-order valence-corrected chi connectivity index (χ3v) is 7.22. The van der Waals surface area contributed by atoms with Gasteiger partial charge in [-0.3, -0.25) is 19.1 Å². The molecule has 0 bridgehead atoms. The Bertz CT molecular complexity index is 1910. The molecule has 10 heteroatoms. The summed E-state index contributed by atoms with van der Waals surface area (Å²) in [6, 6.07) is 13.3. The van der Waals surface area contributed by atoms with Gasteiger partial charge in [-0.2, -0.15) is 0 Å². The van der Waals surface area contributed by atoms with Crippen LogP contribution in [0.4, 0.5) is 4.79 Å². The highest BCUT2D eigenvalue weighted by Crippen LogP contribution is 2.27. The van der Waals surface area contributed by atoms with Crippen LogP contribution in [0.3, 0.4) is 0 Å². The highest BCUT2D eigenvalue weighted by atomic mass is 35.5. The molecule has 0 saturated carbocycles. The van der Waals surface area contributed by atoms with Gasteiger partial charge in [0.25, 0.3) is 5.91 Å². The third kappa shape index (κ3) is 7.91. The standard InChI is InChI=1S/C35H37ClN4O5/c1-34(2,3)44-31(41)15-25-20-40(33(43)45-35(4,5)6)30-10-8-21(13-26(25)30)11-23-12-24(18-37-16-23)32(42)39-17-22-7-9-29-27(14-22)28(36)19-38-29/h7-10,12-14,16,18-20,38H,11,15,17H2,1-6H3,(H,39,42). The summed E-state index contributed by atoms with van der Waals surface area (Å²) < 4.78 is 12.6. The van der Waals surface area contributed by atoms with Crippen LogP contribution >= 0.6 is 11.6 Å². The fraction of sp³-hybridized carbons (Fsp3) is 0.314. The summed E-state index contributed by atoms with van der Waals surface area (Å²) in [5, 5.41) is 5.23. The average molecular weight is 629 g/mol. The lowest BCUT2D eigenvalue weighted by molar-refractivity contribution is -0.153. The Morgan fingerprint density at radius 3 is 2.33 bits per heavy atom. The number of aromatic nitrogens is 3. The van der Waals surface area contributed by atoms with Gasteiger partial charge in [-0.15, -0.1) is 0 Å². The zero-order valence-electron chi connectivity index (χ0n) is 26.3. The number of carbonyl (C=O) groups is 3. The fourth-order valence-corrected chi connectivity index (χ4v) is 5.27. The molecular weight excluding hydrogens is 592 g/mol. The van der Waals surface area contributed by atoms with E-state index < -0.39 is 23.3 Å². The maximum atomic E-state index is 13.1. The van der Waals surface area contributed by atoms with E-state index in [1.165, 1.54) is 10.8 Å². The average Bonchev–Trinajstić information content (AvgIpc) is 3.49. The number of carbonyl (C=O) groups excluding carboxylic acids is 3. The Balaban J connectivity index is 1.36. The minimum atomic E-state index is -0.688. The summed E-state index contributed by atoms with van der Waals surface area (Å²) in [6.07, 6.45) is 6.58. The fourth-order valence-electron chi connectivity index (χ4n) is 5.06. The maximum absolute atomic E-state index is 13.1. The van der Waals surface area contributed by atoms with Crippen molar-refractivity contribution in [3.63, 3.8) is 0 Å². The maximum Gasteiger partial charge on any atom is 0.419 e. The number of esters is 1. The predicted octanol–water partition coefficient (Wildman–Crippen LogP) is 7.36. The van der Waals surface area contributed by atoms with Crippen LogP contribution in [0, 0.1) is 0 Å². The molecule has 5 rings (SSSR count). The molecule has 0 saturated heterocycles. The van der Waals surface area contributed by atoms with Crippen LogP contribution in [0.15, 0.2) is 67.3 Å². The van der Waals surface area contributed by atoms with Crippen LogP contribution in [0.2, 0.25) is 5.02 Å². The van der Waals surface area contributed by atoms with Gasteiger partial charge in [-0.25, -0.2) is 4.79 Å². The predicted molar refractivity (Wildman–Crippen MR) is 175 cm³/mol. The van der Waals surface area contributed by atoms with E-state index in [1.807, 2.05) is 63.2 Å². The Kier molecular flexibility index (Phi) is 8.76. The molecule has 2 aromatic carbocycles. The van der Waals surface area contributed by atoms with Crippen LogP contribution in [-0.2, 0) is 33.7 Å². The lowest BCUT2D eigenvalue weighted by Crippen LogP contribution is -2.26. The number of halogens is 1. The van der Waals surface area contributed by atoms with E-state index >= 15 is 0 Å². The summed E-state index contributed by atoms with van der Waals surface area (Å²) in [7, 11) is 0. The number of amides is 1. The van der Waals surface area contributed by atoms with Gasteiger partial charge < -0.3 is 19.8 Å². The van der Waals surface area contributed by atoms with Crippen molar-refractivity contribution in [1.29, 1.82) is 0 Å². The molecule has 0 fully saturated rings. The van der Waals surface area contributed by atoms with Crippen LogP contribution in [0.25, 0.3) is 21.8 Å².